The lowest BCUT2D eigenvalue weighted by Crippen LogP contribution is -2.35. The van der Waals surface area contributed by atoms with Crippen LogP contribution in [0.3, 0.4) is 0 Å². The maximum absolute atomic E-state index is 12.6. The van der Waals surface area contributed by atoms with Crippen LogP contribution >= 0.6 is 11.3 Å². The smallest absolute Gasteiger partial charge is 0.252 e. The first kappa shape index (κ1) is 17.1. The number of piperidine rings is 1. The van der Waals surface area contributed by atoms with Crippen LogP contribution in [0.5, 0.6) is 0 Å². The van der Waals surface area contributed by atoms with Gasteiger partial charge in [0.2, 0.25) is 0 Å². The number of carbonyl (C=O) groups excluding carboxylic acids is 1. The van der Waals surface area contributed by atoms with Crippen LogP contribution in [0.25, 0.3) is 0 Å². The number of aromatic nitrogens is 1. The van der Waals surface area contributed by atoms with Gasteiger partial charge in [0.1, 0.15) is 4.21 Å². The van der Waals surface area contributed by atoms with Crippen molar-refractivity contribution in [2.75, 3.05) is 13.1 Å². The Morgan fingerprint density at radius 1 is 1.12 bits per heavy atom. The fraction of sp³-hybridized carbons (Fsp3) is 0.375. The summed E-state index contributed by atoms with van der Waals surface area (Å²) in [5, 5.41) is 2.79. The maximum Gasteiger partial charge on any atom is 0.252 e. The third-order valence-electron chi connectivity index (χ3n) is 3.91. The van der Waals surface area contributed by atoms with Crippen molar-refractivity contribution in [1.29, 1.82) is 0 Å². The molecule has 0 atom stereocenters. The van der Waals surface area contributed by atoms with Crippen molar-refractivity contribution < 1.29 is 13.2 Å². The molecule has 3 rings (SSSR count). The Morgan fingerprint density at radius 2 is 1.83 bits per heavy atom. The molecule has 24 heavy (non-hydrogen) atoms. The van der Waals surface area contributed by atoms with Crippen molar-refractivity contribution in [2.45, 2.75) is 30.0 Å². The van der Waals surface area contributed by atoms with Gasteiger partial charge >= 0.3 is 0 Å². The number of hydrogen-bond acceptors (Lipinski definition) is 5. The highest BCUT2D eigenvalue weighted by molar-refractivity contribution is 7.91. The van der Waals surface area contributed by atoms with Gasteiger partial charge in [-0.15, -0.1) is 11.3 Å². The highest BCUT2D eigenvalue weighted by atomic mass is 32.2. The predicted molar refractivity (Wildman–Crippen MR) is 92.3 cm³/mol. The number of nitrogens with one attached hydrogen (secondary N) is 1. The Kier molecular flexibility index (Phi) is 5.27. The summed E-state index contributed by atoms with van der Waals surface area (Å²) in [5.41, 5.74) is 0.530. The van der Waals surface area contributed by atoms with E-state index in [4.69, 9.17) is 0 Å². The number of amides is 1. The van der Waals surface area contributed by atoms with Gasteiger partial charge in [0, 0.05) is 35.9 Å². The average Bonchev–Trinajstić information content (AvgIpc) is 3.11. The first-order valence-electron chi connectivity index (χ1n) is 7.84. The van der Waals surface area contributed by atoms with Gasteiger partial charge in [0.25, 0.3) is 15.9 Å². The minimum atomic E-state index is -3.40. The molecule has 2 aromatic rings. The molecule has 1 aliphatic rings. The van der Waals surface area contributed by atoms with E-state index in [-0.39, 0.29) is 5.91 Å². The highest BCUT2D eigenvalue weighted by Gasteiger charge is 2.27. The second-order valence-corrected chi connectivity index (χ2v) is 8.94. The fourth-order valence-corrected chi connectivity index (χ4v) is 5.56. The molecule has 0 saturated carbocycles. The van der Waals surface area contributed by atoms with Crippen molar-refractivity contribution in [3.05, 3.63) is 47.1 Å². The number of hydrogen-bond donors (Lipinski definition) is 1. The topological polar surface area (TPSA) is 79.4 Å². The molecular weight excluding hydrogens is 346 g/mol. The molecule has 3 heterocycles. The molecule has 6 nitrogen and oxygen atoms in total. The quantitative estimate of drug-likeness (QED) is 0.881. The third-order valence-corrected chi connectivity index (χ3v) is 7.36. The van der Waals surface area contributed by atoms with E-state index in [0.717, 1.165) is 24.1 Å². The van der Waals surface area contributed by atoms with Gasteiger partial charge in [-0.2, -0.15) is 4.31 Å². The fourth-order valence-electron chi connectivity index (χ4n) is 2.60. The number of carbonyl (C=O) groups is 1. The van der Waals surface area contributed by atoms with Gasteiger partial charge in [0.15, 0.2) is 0 Å². The molecule has 2 aromatic heterocycles. The van der Waals surface area contributed by atoms with E-state index in [2.05, 4.69) is 10.3 Å². The summed E-state index contributed by atoms with van der Waals surface area (Å²) in [7, 11) is -3.40. The van der Waals surface area contributed by atoms with Crippen molar-refractivity contribution in [1.82, 2.24) is 14.6 Å². The summed E-state index contributed by atoms with van der Waals surface area (Å²) < 4.78 is 27.1. The summed E-state index contributed by atoms with van der Waals surface area (Å²) in [5.74, 6) is -0.203. The van der Waals surface area contributed by atoms with Crippen LogP contribution in [0.15, 0.2) is 40.9 Å². The average molecular weight is 365 g/mol. The van der Waals surface area contributed by atoms with E-state index in [0.29, 0.717) is 29.4 Å². The molecule has 1 saturated heterocycles. The SMILES string of the molecule is O=C(NCc1ccc(S(=O)(=O)N2CCCCC2)s1)c1ccncc1. The molecule has 0 aromatic carbocycles. The molecule has 0 radical (unpaired) electrons. The molecule has 1 amide bonds. The second kappa shape index (κ2) is 7.42. The molecule has 1 aliphatic heterocycles. The Labute approximate surface area is 145 Å². The maximum atomic E-state index is 12.6. The van der Waals surface area contributed by atoms with Crippen molar-refractivity contribution >= 4 is 27.3 Å². The van der Waals surface area contributed by atoms with Crippen LogP contribution in [-0.2, 0) is 16.6 Å². The van der Waals surface area contributed by atoms with Gasteiger partial charge in [0.05, 0.1) is 6.54 Å². The van der Waals surface area contributed by atoms with Gasteiger partial charge < -0.3 is 5.32 Å². The van der Waals surface area contributed by atoms with Gasteiger partial charge in [-0.1, -0.05) is 6.42 Å². The zero-order valence-electron chi connectivity index (χ0n) is 13.1. The number of sulfonamides is 1. The second-order valence-electron chi connectivity index (χ2n) is 5.60. The Hall–Kier alpha value is -1.77. The Morgan fingerprint density at radius 3 is 2.54 bits per heavy atom. The van der Waals surface area contributed by atoms with E-state index >= 15 is 0 Å². The number of thiophene rings is 1. The van der Waals surface area contributed by atoms with E-state index < -0.39 is 10.0 Å². The summed E-state index contributed by atoms with van der Waals surface area (Å²) in [4.78, 5) is 16.7. The monoisotopic (exact) mass is 365 g/mol. The predicted octanol–water partition coefficient (Wildman–Crippen LogP) is 2.25. The van der Waals surface area contributed by atoms with Crippen LogP contribution in [0, 0.1) is 0 Å². The van der Waals surface area contributed by atoms with E-state index in [1.165, 1.54) is 11.3 Å². The van der Waals surface area contributed by atoms with Crippen LogP contribution < -0.4 is 5.32 Å². The van der Waals surface area contributed by atoms with Crippen molar-refractivity contribution in [3.8, 4) is 0 Å². The summed E-state index contributed by atoms with van der Waals surface area (Å²) >= 11 is 1.21. The van der Waals surface area contributed by atoms with Gasteiger partial charge in [-0.25, -0.2) is 8.42 Å². The van der Waals surface area contributed by atoms with Crippen LogP contribution in [0.2, 0.25) is 0 Å². The standard InChI is InChI=1S/C16H19N3O3S2/c20-16(13-6-8-17-9-7-13)18-12-14-4-5-15(23-14)24(21,22)19-10-2-1-3-11-19/h4-9H,1-3,10-12H2,(H,18,20). The van der Waals surface area contributed by atoms with Gasteiger partial charge in [-0.3, -0.25) is 9.78 Å². The zero-order valence-corrected chi connectivity index (χ0v) is 14.8. The lowest BCUT2D eigenvalue weighted by Gasteiger charge is -2.25. The summed E-state index contributed by atoms with van der Waals surface area (Å²) in [6.07, 6.45) is 6.04. The molecule has 1 fully saturated rings. The third kappa shape index (κ3) is 3.82. The Balaban J connectivity index is 1.64. The number of pyridine rings is 1. The van der Waals surface area contributed by atoms with E-state index in [1.54, 1.807) is 41.0 Å². The molecule has 8 heteroatoms. The molecule has 0 bridgehead atoms. The van der Waals surface area contributed by atoms with Crippen LogP contribution in [0.4, 0.5) is 0 Å². The lowest BCUT2D eigenvalue weighted by molar-refractivity contribution is 0.0951. The van der Waals surface area contributed by atoms with Crippen molar-refractivity contribution in [2.24, 2.45) is 0 Å². The molecule has 128 valence electrons. The first-order chi connectivity index (χ1) is 11.6. The van der Waals surface area contributed by atoms with E-state index in [9.17, 15) is 13.2 Å². The van der Waals surface area contributed by atoms with Gasteiger partial charge in [-0.05, 0) is 37.1 Å². The van der Waals surface area contributed by atoms with E-state index in [1.807, 2.05) is 0 Å². The number of rotatable bonds is 5. The summed E-state index contributed by atoms with van der Waals surface area (Å²) in [6.45, 7) is 1.49. The highest BCUT2D eigenvalue weighted by Crippen LogP contribution is 2.27. The Bertz CT molecular complexity index is 797. The van der Waals surface area contributed by atoms with Crippen LogP contribution in [0.1, 0.15) is 34.5 Å². The normalized spacial score (nSPS) is 16.0. The van der Waals surface area contributed by atoms with Crippen LogP contribution in [-0.4, -0.2) is 36.7 Å². The first-order valence-corrected chi connectivity index (χ1v) is 10.1. The minimum Gasteiger partial charge on any atom is -0.347 e. The molecule has 0 spiro atoms. The zero-order chi connectivity index (χ0) is 17.0. The largest absolute Gasteiger partial charge is 0.347 e. The summed E-state index contributed by atoms with van der Waals surface area (Å²) in [6, 6.07) is 6.66. The molecule has 1 N–H and O–H groups in total. The number of nitrogens with zero attached hydrogens (tertiary/aromatic N) is 2. The molecular formula is C16H19N3O3S2. The molecule has 0 unspecified atom stereocenters. The molecule has 0 aliphatic carbocycles. The lowest BCUT2D eigenvalue weighted by atomic mass is 10.2. The van der Waals surface area contributed by atoms with Crippen molar-refractivity contribution in [3.63, 3.8) is 0 Å². The minimum absolute atomic E-state index is 0.203.